The van der Waals surface area contributed by atoms with Crippen molar-refractivity contribution in [2.75, 3.05) is 0 Å². The quantitative estimate of drug-likeness (QED) is 0.867. The van der Waals surface area contributed by atoms with Gasteiger partial charge in [-0.25, -0.2) is 4.98 Å². The molecule has 0 aliphatic carbocycles. The molecule has 0 aliphatic heterocycles. The van der Waals surface area contributed by atoms with E-state index in [1.165, 1.54) is 4.88 Å². The largest absolute Gasteiger partial charge is 0.309 e. The van der Waals surface area contributed by atoms with Crippen molar-refractivity contribution in [3.05, 3.63) is 27.1 Å². The van der Waals surface area contributed by atoms with Gasteiger partial charge in [0.25, 0.3) is 5.56 Å². The fourth-order valence-corrected chi connectivity index (χ4v) is 2.50. The van der Waals surface area contributed by atoms with Crippen LogP contribution in [0.15, 0.2) is 10.9 Å². The van der Waals surface area contributed by atoms with Gasteiger partial charge in [-0.15, -0.1) is 11.3 Å². The van der Waals surface area contributed by atoms with Gasteiger partial charge < -0.3 is 4.98 Å². The molecular formula is C11H14N2OS. The van der Waals surface area contributed by atoms with Crippen molar-refractivity contribution in [1.82, 2.24) is 9.97 Å². The summed E-state index contributed by atoms with van der Waals surface area (Å²) in [5, 5.41) is 0. The fraction of sp³-hybridized carbons (Fsp3) is 0.455. The van der Waals surface area contributed by atoms with Crippen molar-refractivity contribution in [3.63, 3.8) is 0 Å². The van der Waals surface area contributed by atoms with Crippen molar-refractivity contribution in [2.24, 2.45) is 0 Å². The minimum Gasteiger partial charge on any atom is -0.309 e. The van der Waals surface area contributed by atoms with Crippen LogP contribution in [0.3, 0.4) is 0 Å². The minimum atomic E-state index is 0.00755. The number of thiophene rings is 1. The predicted molar refractivity (Wildman–Crippen MR) is 63.6 cm³/mol. The number of nitrogens with zero attached hydrogens (tertiary/aromatic N) is 1. The molecule has 3 nitrogen and oxygen atoms in total. The topological polar surface area (TPSA) is 45.8 Å². The van der Waals surface area contributed by atoms with Crippen LogP contribution in [0.1, 0.15) is 31.0 Å². The number of rotatable bonds is 3. The molecule has 80 valence electrons. The average molecular weight is 222 g/mol. The maximum Gasteiger partial charge on any atom is 0.268 e. The number of aryl methyl sites for hydroxylation is 2. The lowest BCUT2D eigenvalue weighted by Crippen LogP contribution is -2.09. The van der Waals surface area contributed by atoms with Gasteiger partial charge in [-0.05, 0) is 18.9 Å². The molecule has 0 unspecified atom stereocenters. The van der Waals surface area contributed by atoms with Crippen LogP contribution in [-0.2, 0) is 12.8 Å². The molecule has 1 N–H and O–H groups in total. The van der Waals surface area contributed by atoms with E-state index < -0.39 is 0 Å². The normalized spacial score (nSPS) is 11.1. The van der Waals surface area contributed by atoms with E-state index in [0.717, 1.165) is 35.3 Å². The van der Waals surface area contributed by atoms with E-state index in [1.54, 1.807) is 11.3 Å². The molecule has 0 fully saturated rings. The maximum atomic E-state index is 11.7. The Kier molecular flexibility index (Phi) is 2.86. The molecule has 4 heteroatoms. The second kappa shape index (κ2) is 4.14. The standard InChI is InChI=1S/C11H14N2OS/c1-3-5-9-12-8-6-7(4-2)15-10(8)11(14)13-9/h6H,3-5H2,1-2H3,(H,12,13,14). The second-order valence-corrected chi connectivity index (χ2v) is 4.68. The van der Waals surface area contributed by atoms with Crippen LogP contribution in [-0.4, -0.2) is 9.97 Å². The van der Waals surface area contributed by atoms with Crippen molar-refractivity contribution in [2.45, 2.75) is 33.1 Å². The monoisotopic (exact) mass is 222 g/mol. The van der Waals surface area contributed by atoms with Gasteiger partial charge in [0.15, 0.2) is 0 Å². The zero-order valence-corrected chi connectivity index (χ0v) is 9.78. The molecule has 0 bridgehead atoms. The van der Waals surface area contributed by atoms with Crippen LogP contribution in [0, 0.1) is 0 Å². The summed E-state index contributed by atoms with van der Waals surface area (Å²) in [6, 6.07) is 2.02. The number of aromatic amines is 1. The van der Waals surface area contributed by atoms with Crippen molar-refractivity contribution >= 4 is 21.6 Å². The molecule has 0 aliphatic rings. The second-order valence-electron chi connectivity index (χ2n) is 3.54. The number of H-pyrrole nitrogens is 1. The summed E-state index contributed by atoms with van der Waals surface area (Å²) in [4.78, 5) is 20.2. The summed E-state index contributed by atoms with van der Waals surface area (Å²) in [7, 11) is 0. The van der Waals surface area contributed by atoms with Crippen LogP contribution >= 0.6 is 11.3 Å². The first-order valence-electron chi connectivity index (χ1n) is 5.26. The lowest BCUT2D eigenvalue weighted by molar-refractivity contribution is 0.838. The first-order chi connectivity index (χ1) is 7.24. The Bertz CT molecular complexity index is 527. The van der Waals surface area contributed by atoms with Crippen LogP contribution in [0.25, 0.3) is 10.2 Å². The van der Waals surface area contributed by atoms with E-state index in [4.69, 9.17) is 0 Å². The maximum absolute atomic E-state index is 11.7. The molecule has 2 aromatic rings. The Morgan fingerprint density at radius 1 is 1.47 bits per heavy atom. The van der Waals surface area contributed by atoms with Gasteiger partial charge in [0, 0.05) is 11.3 Å². The summed E-state index contributed by atoms with van der Waals surface area (Å²) >= 11 is 1.54. The zero-order chi connectivity index (χ0) is 10.8. The molecular weight excluding hydrogens is 208 g/mol. The summed E-state index contributed by atoms with van der Waals surface area (Å²) in [5.74, 6) is 0.801. The molecule has 0 radical (unpaired) electrons. The van der Waals surface area contributed by atoms with Gasteiger partial charge in [0.2, 0.25) is 0 Å². The molecule has 2 aromatic heterocycles. The van der Waals surface area contributed by atoms with Gasteiger partial charge in [-0.3, -0.25) is 4.79 Å². The third-order valence-corrected chi connectivity index (χ3v) is 3.59. The van der Waals surface area contributed by atoms with Crippen molar-refractivity contribution in [3.8, 4) is 0 Å². The summed E-state index contributed by atoms with van der Waals surface area (Å²) in [6.07, 6.45) is 2.80. The van der Waals surface area contributed by atoms with Gasteiger partial charge in [0.05, 0.1) is 5.52 Å². The van der Waals surface area contributed by atoms with Crippen LogP contribution in [0.2, 0.25) is 0 Å². The number of aromatic nitrogens is 2. The first-order valence-corrected chi connectivity index (χ1v) is 6.07. The van der Waals surface area contributed by atoms with Crippen molar-refractivity contribution in [1.29, 1.82) is 0 Å². The van der Waals surface area contributed by atoms with Gasteiger partial charge in [-0.1, -0.05) is 13.8 Å². The zero-order valence-electron chi connectivity index (χ0n) is 8.96. The molecule has 2 heterocycles. The molecule has 0 spiro atoms. The van der Waals surface area contributed by atoms with Gasteiger partial charge in [0.1, 0.15) is 10.5 Å². The van der Waals surface area contributed by atoms with Crippen molar-refractivity contribution < 1.29 is 0 Å². The Hall–Kier alpha value is -1.16. The smallest absolute Gasteiger partial charge is 0.268 e. The van der Waals surface area contributed by atoms with E-state index in [0.29, 0.717) is 0 Å². The Balaban J connectivity index is 2.60. The minimum absolute atomic E-state index is 0.00755. The Labute approximate surface area is 92.2 Å². The molecule has 2 rings (SSSR count). The fourth-order valence-electron chi connectivity index (χ4n) is 1.57. The van der Waals surface area contributed by atoms with E-state index in [-0.39, 0.29) is 5.56 Å². The van der Waals surface area contributed by atoms with Crippen LogP contribution in [0.5, 0.6) is 0 Å². The lowest BCUT2D eigenvalue weighted by atomic mass is 10.3. The highest BCUT2D eigenvalue weighted by molar-refractivity contribution is 7.18. The van der Waals surface area contributed by atoms with Gasteiger partial charge >= 0.3 is 0 Å². The van der Waals surface area contributed by atoms with Gasteiger partial charge in [-0.2, -0.15) is 0 Å². The predicted octanol–water partition coefficient (Wildman–Crippen LogP) is 2.50. The number of hydrogen-bond acceptors (Lipinski definition) is 3. The van der Waals surface area contributed by atoms with E-state index in [9.17, 15) is 4.79 Å². The summed E-state index contributed by atoms with van der Waals surface area (Å²) in [6.45, 7) is 4.17. The summed E-state index contributed by atoms with van der Waals surface area (Å²) in [5.41, 5.74) is 0.859. The highest BCUT2D eigenvalue weighted by Gasteiger charge is 2.07. The van der Waals surface area contributed by atoms with Crippen LogP contribution in [0.4, 0.5) is 0 Å². The highest BCUT2D eigenvalue weighted by atomic mass is 32.1. The molecule has 0 amide bonds. The van der Waals surface area contributed by atoms with Crippen LogP contribution < -0.4 is 5.56 Å². The van der Waals surface area contributed by atoms with E-state index in [2.05, 4.69) is 23.8 Å². The third kappa shape index (κ3) is 1.95. The molecule has 0 saturated carbocycles. The Morgan fingerprint density at radius 2 is 2.27 bits per heavy atom. The van der Waals surface area contributed by atoms with E-state index >= 15 is 0 Å². The molecule has 0 saturated heterocycles. The molecule has 15 heavy (non-hydrogen) atoms. The average Bonchev–Trinajstić information content (AvgIpc) is 2.62. The first kappa shape index (κ1) is 10.4. The molecule has 0 atom stereocenters. The number of nitrogens with one attached hydrogen (secondary N) is 1. The third-order valence-electron chi connectivity index (χ3n) is 2.32. The number of hydrogen-bond donors (Lipinski definition) is 1. The lowest BCUT2D eigenvalue weighted by Gasteiger charge is -1.96. The highest BCUT2D eigenvalue weighted by Crippen LogP contribution is 2.21. The van der Waals surface area contributed by atoms with E-state index in [1.807, 2.05) is 6.07 Å². The SMILES string of the molecule is CCCc1nc2cc(CC)sc2c(=O)[nH]1. The Morgan fingerprint density at radius 3 is 2.93 bits per heavy atom. The summed E-state index contributed by atoms with van der Waals surface area (Å²) < 4.78 is 0.756. The molecule has 0 aromatic carbocycles. The number of fused-ring (bicyclic) bond motifs is 1.